The molecule has 8 heteroatoms. The van der Waals surface area contributed by atoms with Gasteiger partial charge in [-0.2, -0.15) is 0 Å². The lowest BCUT2D eigenvalue weighted by Gasteiger charge is -2.16. The molecule has 1 aromatic carbocycles. The van der Waals surface area contributed by atoms with Crippen LogP contribution in [0.5, 0.6) is 0 Å². The molecule has 5 nitrogen and oxygen atoms in total. The number of hydrogen-bond donors (Lipinski definition) is 2. The molecule has 0 unspecified atom stereocenters. The van der Waals surface area contributed by atoms with E-state index in [4.69, 9.17) is 34.8 Å². The molecule has 0 radical (unpaired) electrons. The molecular weight excluding hydrogens is 373 g/mol. The van der Waals surface area contributed by atoms with Gasteiger partial charge < -0.3 is 10.6 Å². The second-order valence-corrected chi connectivity index (χ2v) is 6.28. The fraction of sp³-hybridized carbons (Fsp3) is 0.188. The second kappa shape index (κ2) is 8.33. The fourth-order valence-corrected chi connectivity index (χ4v) is 2.73. The molecule has 24 heavy (non-hydrogen) atoms. The van der Waals surface area contributed by atoms with Gasteiger partial charge in [-0.1, -0.05) is 40.9 Å². The number of carbonyl (C=O) groups is 2. The molecule has 2 amide bonds. The van der Waals surface area contributed by atoms with Crippen molar-refractivity contribution in [2.24, 2.45) is 0 Å². The second-order valence-electron chi connectivity index (χ2n) is 5.00. The zero-order chi connectivity index (χ0) is 17.7. The third-order valence-corrected chi connectivity index (χ3v) is 3.97. The molecule has 0 fully saturated rings. The molecule has 0 aliphatic heterocycles. The summed E-state index contributed by atoms with van der Waals surface area (Å²) >= 11 is 17.7. The van der Waals surface area contributed by atoms with Crippen LogP contribution in [0.15, 0.2) is 36.5 Å². The number of carbonyl (C=O) groups excluding carboxylic acids is 2. The molecule has 0 saturated carbocycles. The Morgan fingerprint density at radius 3 is 2.50 bits per heavy atom. The lowest BCUT2D eigenvalue weighted by molar-refractivity contribution is -0.120. The number of halogens is 3. The van der Waals surface area contributed by atoms with Gasteiger partial charge in [0.05, 0.1) is 12.6 Å². The van der Waals surface area contributed by atoms with Crippen molar-refractivity contribution in [1.82, 2.24) is 15.6 Å². The maximum Gasteiger partial charge on any atom is 0.270 e. The highest BCUT2D eigenvalue weighted by Gasteiger charge is 2.14. The molecule has 2 rings (SSSR count). The predicted molar refractivity (Wildman–Crippen MR) is 94.6 cm³/mol. The summed E-state index contributed by atoms with van der Waals surface area (Å²) in [6, 6.07) is 7.69. The van der Waals surface area contributed by atoms with Gasteiger partial charge in [-0.05, 0) is 36.8 Å². The van der Waals surface area contributed by atoms with Gasteiger partial charge in [-0.15, -0.1) is 0 Å². The van der Waals surface area contributed by atoms with Crippen molar-refractivity contribution in [3.63, 3.8) is 0 Å². The highest BCUT2D eigenvalue weighted by atomic mass is 35.5. The van der Waals surface area contributed by atoms with E-state index >= 15 is 0 Å². The fourth-order valence-electron chi connectivity index (χ4n) is 2.00. The van der Waals surface area contributed by atoms with Crippen LogP contribution >= 0.6 is 34.8 Å². The van der Waals surface area contributed by atoms with E-state index < -0.39 is 5.91 Å². The highest BCUT2D eigenvalue weighted by Crippen LogP contribution is 2.25. The van der Waals surface area contributed by atoms with Gasteiger partial charge in [0.15, 0.2) is 0 Å². The number of aromatic nitrogens is 1. The summed E-state index contributed by atoms with van der Waals surface area (Å²) in [4.78, 5) is 27.8. The van der Waals surface area contributed by atoms with Crippen molar-refractivity contribution in [3.05, 3.63) is 62.9 Å². The molecule has 1 heterocycles. The van der Waals surface area contributed by atoms with Gasteiger partial charge in [0.25, 0.3) is 5.91 Å². The van der Waals surface area contributed by atoms with E-state index in [1.807, 2.05) is 0 Å². The predicted octanol–water partition coefficient (Wildman–Crippen LogP) is 3.65. The summed E-state index contributed by atoms with van der Waals surface area (Å²) < 4.78 is 0. The van der Waals surface area contributed by atoms with Crippen molar-refractivity contribution in [2.75, 3.05) is 6.54 Å². The standard InChI is InChI=1S/C16H14Cl3N3O2/c1-9(12-3-2-10(17)6-13(12)19)22-15(23)8-21-16(24)14-7-11(18)4-5-20-14/h2-7,9H,8H2,1H3,(H,21,24)(H,22,23)/t9-/m0/s1. The summed E-state index contributed by atoms with van der Waals surface area (Å²) in [6.07, 6.45) is 1.42. The number of benzene rings is 1. The third-order valence-electron chi connectivity index (χ3n) is 3.17. The van der Waals surface area contributed by atoms with Crippen molar-refractivity contribution in [1.29, 1.82) is 0 Å². The van der Waals surface area contributed by atoms with E-state index in [9.17, 15) is 9.59 Å². The van der Waals surface area contributed by atoms with Crippen molar-refractivity contribution in [3.8, 4) is 0 Å². The minimum atomic E-state index is -0.482. The number of rotatable bonds is 5. The van der Waals surface area contributed by atoms with Gasteiger partial charge in [-0.3, -0.25) is 14.6 Å². The molecule has 0 saturated heterocycles. The molecule has 1 atom stereocenters. The smallest absolute Gasteiger partial charge is 0.270 e. The number of hydrogen-bond acceptors (Lipinski definition) is 3. The largest absolute Gasteiger partial charge is 0.348 e. The van der Waals surface area contributed by atoms with Gasteiger partial charge in [0.2, 0.25) is 5.91 Å². The molecule has 126 valence electrons. The maximum absolute atomic E-state index is 12.0. The van der Waals surface area contributed by atoms with Crippen LogP contribution in [-0.2, 0) is 4.79 Å². The maximum atomic E-state index is 12.0. The first-order valence-corrected chi connectivity index (χ1v) is 8.14. The van der Waals surface area contributed by atoms with Crippen molar-refractivity contribution < 1.29 is 9.59 Å². The van der Waals surface area contributed by atoms with E-state index in [0.29, 0.717) is 15.1 Å². The SMILES string of the molecule is C[C@H](NC(=O)CNC(=O)c1cc(Cl)ccn1)c1ccc(Cl)cc1Cl. The lowest BCUT2D eigenvalue weighted by Crippen LogP contribution is -2.38. The van der Waals surface area contributed by atoms with Gasteiger partial charge in [0.1, 0.15) is 5.69 Å². The summed E-state index contributed by atoms with van der Waals surface area (Å²) in [5.74, 6) is -0.839. The third kappa shape index (κ3) is 5.09. The average molecular weight is 387 g/mol. The monoisotopic (exact) mass is 385 g/mol. The number of nitrogens with one attached hydrogen (secondary N) is 2. The Bertz CT molecular complexity index is 768. The quantitative estimate of drug-likeness (QED) is 0.824. The Hall–Kier alpha value is -1.82. The van der Waals surface area contributed by atoms with Gasteiger partial charge in [-0.25, -0.2) is 0 Å². The van der Waals surface area contributed by atoms with Crippen molar-refractivity contribution >= 4 is 46.6 Å². The molecular formula is C16H14Cl3N3O2. The minimum absolute atomic E-state index is 0.143. The molecule has 2 N–H and O–H groups in total. The topological polar surface area (TPSA) is 71.1 Å². The Balaban J connectivity index is 1.90. The van der Waals surface area contributed by atoms with Crippen LogP contribution in [0.4, 0.5) is 0 Å². The summed E-state index contributed by atoms with van der Waals surface area (Å²) in [7, 11) is 0. The first kappa shape index (κ1) is 18.5. The molecule has 0 bridgehead atoms. The van der Waals surface area contributed by atoms with Crippen LogP contribution in [0.3, 0.4) is 0 Å². The first-order valence-electron chi connectivity index (χ1n) is 7.01. The normalized spacial score (nSPS) is 11.7. The number of nitrogens with zero attached hydrogens (tertiary/aromatic N) is 1. The van der Waals surface area contributed by atoms with Crippen molar-refractivity contribution in [2.45, 2.75) is 13.0 Å². The van der Waals surface area contributed by atoms with Crippen LogP contribution in [0.1, 0.15) is 29.0 Å². The minimum Gasteiger partial charge on any atom is -0.348 e. The molecule has 0 aliphatic rings. The van der Waals surface area contributed by atoms with Gasteiger partial charge in [0, 0.05) is 21.3 Å². The Morgan fingerprint density at radius 1 is 1.12 bits per heavy atom. The van der Waals surface area contributed by atoms with Crippen LogP contribution in [0.25, 0.3) is 0 Å². The first-order chi connectivity index (χ1) is 11.4. The lowest BCUT2D eigenvalue weighted by atomic mass is 10.1. The van der Waals surface area contributed by atoms with Gasteiger partial charge >= 0.3 is 0 Å². The van der Waals surface area contributed by atoms with E-state index in [-0.39, 0.29) is 24.2 Å². The average Bonchev–Trinajstić information content (AvgIpc) is 2.52. The molecule has 0 aliphatic carbocycles. The zero-order valence-electron chi connectivity index (χ0n) is 12.6. The molecule has 2 aromatic rings. The summed E-state index contributed by atoms with van der Waals surface area (Å²) in [5.41, 5.74) is 0.876. The van der Waals surface area contributed by atoms with Crippen LogP contribution in [0, 0.1) is 0 Å². The van der Waals surface area contributed by atoms with E-state index in [2.05, 4.69) is 15.6 Å². The van der Waals surface area contributed by atoms with Crippen LogP contribution < -0.4 is 10.6 Å². The number of pyridine rings is 1. The van der Waals surface area contributed by atoms with E-state index in [1.165, 1.54) is 12.3 Å². The summed E-state index contributed by atoms with van der Waals surface area (Å²) in [5, 5.41) is 6.60. The zero-order valence-corrected chi connectivity index (χ0v) is 14.9. The Morgan fingerprint density at radius 2 is 1.83 bits per heavy atom. The summed E-state index contributed by atoms with van der Waals surface area (Å²) in [6.45, 7) is 1.59. The van der Waals surface area contributed by atoms with E-state index in [0.717, 1.165) is 5.56 Å². The van der Waals surface area contributed by atoms with E-state index in [1.54, 1.807) is 31.2 Å². The highest BCUT2D eigenvalue weighted by molar-refractivity contribution is 6.35. The molecule has 0 spiro atoms. The molecule has 1 aromatic heterocycles. The Labute approximate surface area is 154 Å². The Kier molecular flexibility index (Phi) is 6.43. The number of amides is 2. The van der Waals surface area contributed by atoms with Crippen LogP contribution in [-0.4, -0.2) is 23.3 Å². The van der Waals surface area contributed by atoms with Crippen LogP contribution in [0.2, 0.25) is 15.1 Å².